The van der Waals surface area contributed by atoms with Crippen molar-refractivity contribution >= 4 is 44.8 Å². The lowest BCUT2D eigenvalue weighted by Crippen LogP contribution is -2.30. The van der Waals surface area contributed by atoms with E-state index in [0.29, 0.717) is 10.6 Å². The number of carbonyl (C=O) groups excluding carboxylic acids is 2. The standard InChI is InChI=1S/C21H19ClN2O2S/c22-15-9-7-14(8-10-15)18(25)11-12-20(26)24-13-3-5-17(24)21-23-16-4-1-2-6-19(16)27-21/h1-2,4,6-10,17H,3,5,11-13H2. The molecule has 1 unspecified atom stereocenters. The van der Waals surface area contributed by atoms with E-state index in [2.05, 4.69) is 6.07 Å². The third kappa shape index (κ3) is 3.89. The van der Waals surface area contributed by atoms with Crippen LogP contribution in [-0.2, 0) is 4.79 Å². The van der Waals surface area contributed by atoms with Gasteiger partial charge in [0.05, 0.1) is 16.3 Å². The number of Topliss-reactive ketones (excluding diaryl/α,β-unsaturated/α-hetero) is 1. The van der Waals surface area contributed by atoms with Crippen molar-refractivity contribution in [1.29, 1.82) is 0 Å². The maximum Gasteiger partial charge on any atom is 0.223 e. The van der Waals surface area contributed by atoms with E-state index >= 15 is 0 Å². The molecule has 138 valence electrons. The number of para-hydroxylation sites is 1. The Morgan fingerprint density at radius 2 is 1.89 bits per heavy atom. The number of hydrogen-bond acceptors (Lipinski definition) is 4. The largest absolute Gasteiger partial charge is 0.333 e. The molecule has 1 aliphatic heterocycles. The summed E-state index contributed by atoms with van der Waals surface area (Å²) in [6.45, 7) is 0.731. The molecule has 0 radical (unpaired) electrons. The van der Waals surface area contributed by atoms with Crippen molar-refractivity contribution < 1.29 is 9.59 Å². The number of halogens is 1. The van der Waals surface area contributed by atoms with Crippen molar-refractivity contribution in [1.82, 2.24) is 9.88 Å². The molecule has 1 amide bonds. The number of thiazole rings is 1. The molecule has 0 aliphatic carbocycles. The smallest absolute Gasteiger partial charge is 0.223 e. The van der Waals surface area contributed by atoms with E-state index in [-0.39, 0.29) is 30.6 Å². The molecule has 1 saturated heterocycles. The zero-order valence-corrected chi connectivity index (χ0v) is 16.3. The van der Waals surface area contributed by atoms with Crippen LogP contribution in [0.15, 0.2) is 48.5 Å². The summed E-state index contributed by atoms with van der Waals surface area (Å²) in [5.41, 5.74) is 1.58. The van der Waals surface area contributed by atoms with Gasteiger partial charge in [0.15, 0.2) is 5.78 Å². The Morgan fingerprint density at radius 3 is 2.67 bits per heavy atom. The second-order valence-corrected chi connectivity index (χ2v) is 8.19. The Labute approximate surface area is 166 Å². The second-order valence-electron chi connectivity index (χ2n) is 6.70. The lowest BCUT2D eigenvalue weighted by atomic mass is 10.1. The summed E-state index contributed by atoms with van der Waals surface area (Å²) in [5.74, 6) is -0.00480. The van der Waals surface area contributed by atoms with Crippen LogP contribution >= 0.6 is 22.9 Å². The van der Waals surface area contributed by atoms with Crippen LogP contribution in [0.1, 0.15) is 47.1 Å². The van der Waals surface area contributed by atoms with E-state index in [9.17, 15) is 9.59 Å². The molecule has 0 spiro atoms. The fraction of sp³-hybridized carbons (Fsp3) is 0.286. The van der Waals surface area contributed by atoms with Crippen molar-refractivity contribution in [2.75, 3.05) is 6.54 Å². The molecule has 1 atom stereocenters. The Kier molecular flexibility index (Phi) is 5.23. The lowest BCUT2D eigenvalue weighted by molar-refractivity contribution is -0.132. The molecule has 0 bridgehead atoms. The molecule has 1 aromatic heterocycles. The van der Waals surface area contributed by atoms with Gasteiger partial charge in [-0.2, -0.15) is 0 Å². The van der Waals surface area contributed by atoms with Crippen molar-refractivity contribution in [3.05, 3.63) is 64.1 Å². The minimum absolute atomic E-state index is 0.0269. The number of aromatic nitrogens is 1. The van der Waals surface area contributed by atoms with Gasteiger partial charge in [-0.05, 0) is 49.2 Å². The van der Waals surface area contributed by atoms with Crippen LogP contribution in [0.4, 0.5) is 0 Å². The Hall–Kier alpha value is -2.24. The van der Waals surface area contributed by atoms with Crippen LogP contribution in [0.2, 0.25) is 5.02 Å². The highest BCUT2D eigenvalue weighted by atomic mass is 35.5. The third-order valence-electron chi connectivity index (χ3n) is 4.90. The maximum absolute atomic E-state index is 12.8. The SMILES string of the molecule is O=C(CCC(=O)N1CCCC1c1nc2ccccc2s1)c1ccc(Cl)cc1. The van der Waals surface area contributed by atoms with E-state index in [4.69, 9.17) is 16.6 Å². The first-order chi connectivity index (χ1) is 13.1. The molecule has 1 aliphatic rings. The summed E-state index contributed by atoms with van der Waals surface area (Å²) in [6.07, 6.45) is 2.33. The quantitative estimate of drug-likeness (QED) is 0.549. The summed E-state index contributed by atoms with van der Waals surface area (Å²) in [4.78, 5) is 31.7. The van der Waals surface area contributed by atoms with Gasteiger partial charge in [0, 0.05) is 30.0 Å². The predicted molar refractivity (Wildman–Crippen MR) is 108 cm³/mol. The number of rotatable bonds is 5. The molecular weight excluding hydrogens is 380 g/mol. The molecule has 27 heavy (non-hydrogen) atoms. The second kappa shape index (κ2) is 7.79. The summed E-state index contributed by atoms with van der Waals surface area (Å²) in [5, 5.41) is 1.59. The van der Waals surface area contributed by atoms with E-state index < -0.39 is 0 Å². The molecule has 2 heterocycles. The first-order valence-electron chi connectivity index (χ1n) is 9.05. The highest BCUT2D eigenvalue weighted by molar-refractivity contribution is 7.18. The number of likely N-dealkylation sites (tertiary alicyclic amines) is 1. The van der Waals surface area contributed by atoms with E-state index in [1.54, 1.807) is 35.6 Å². The van der Waals surface area contributed by atoms with Crippen LogP contribution in [0, 0.1) is 0 Å². The molecule has 4 rings (SSSR count). The average Bonchev–Trinajstić information content (AvgIpc) is 3.32. The van der Waals surface area contributed by atoms with Gasteiger partial charge in [0.1, 0.15) is 5.01 Å². The van der Waals surface area contributed by atoms with Gasteiger partial charge >= 0.3 is 0 Å². The maximum atomic E-state index is 12.8. The molecule has 2 aromatic carbocycles. The highest BCUT2D eigenvalue weighted by Crippen LogP contribution is 2.36. The first kappa shape index (κ1) is 18.1. The van der Waals surface area contributed by atoms with Crippen molar-refractivity contribution in [2.45, 2.75) is 31.7 Å². The Bertz CT molecular complexity index is 950. The van der Waals surface area contributed by atoms with Crippen LogP contribution < -0.4 is 0 Å². The monoisotopic (exact) mass is 398 g/mol. The minimum Gasteiger partial charge on any atom is -0.333 e. The zero-order valence-electron chi connectivity index (χ0n) is 14.7. The number of amides is 1. The fourth-order valence-corrected chi connectivity index (χ4v) is 4.74. The molecule has 1 fully saturated rings. The molecule has 6 heteroatoms. The topological polar surface area (TPSA) is 50.3 Å². The van der Waals surface area contributed by atoms with Crippen LogP contribution in [0.5, 0.6) is 0 Å². The highest BCUT2D eigenvalue weighted by Gasteiger charge is 2.32. The molecular formula is C21H19ClN2O2S. The molecule has 0 N–H and O–H groups in total. The van der Waals surface area contributed by atoms with Gasteiger partial charge in [-0.3, -0.25) is 9.59 Å². The summed E-state index contributed by atoms with van der Waals surface area (Å²) < 4.78 is 1.14. The van der Waals surface area contributed by atoms with Crippen LogP contribution in [0.3, 0.4) is 0 Å². The van der Waals surface area contributed by atoms with Crippen LogP contribution in [0.25, 0.3) is 10.2 Å². The normalized spacial score (nSPS) is 16.8. The van der Waals surface area contributed by atoms with Gasteiger partial charge in [0.25, 0.3) is 0 Å². The summed E-state index contributed by atoms with van der Waals surface area (Å²) in [7, 11) is 0. The van der Waals surface area contributed by atoms with Gasteiger partial charge in [0.2, 0.25) is 5.91 Å². The fourth-order valence-electron chi connectivity index (χ4n) is 3.50. The van der Waals surface area contributed by atoms with Gasteiger partial charge < -0.3 is 4.90 Å². The Morgan fingerprint density at radius 1 is 1.11 bits per heavy atom. The number of fused-ring (bicyclic) bond motifs is 1. The van der Waals surface area contributed by atoms with Gasteiger partial charge in [-0.15, -0.1) is 11.3 Å². The van der Waals surface area contributed by atoms with Crippen molar-refractivity contribution in [3.8, 4) is 0 Å². The van der Waals surface area contributed by atoms with E-state index in [1.165, 1.54) is 0 Å². The van der Waals surface area contributed by atoms with Gasteiger partial charge in [-0.1, -0.05) is 23.7 Å². The number of nitrogens with zero attached hydrogens (tertiary/aromatic N) is 2. The third-order valence-corrected chi connectivity index (χ3v) is 6.29. The van der Waals surface area contributed by atoms with E-state index in [1.807, 2.05) is 23.1 Å². The molecule has 4 nitrogen and oxygen atoms in total. The average molecular weight is 399 g/mol. The predicted octanol–water partition coefficient (Wildman–Crippen LogP) is 5.28. The molecule has 0 saturated carbocycles. The van der Waals surface area contributed by atoms with Crippen molar-refractivity contribution in [3.63, 3.8) is 0 Å². The van der Waals surface area contributed by atoms with Crippen molar-refractivity contribution in [2.24, 2.45) is 0 Å². The summed E-state index contributed by atoms with van der Waals surface area (Å²) in [6, 6.07) is 14.9. The first-order valence-corrected chi connectivity index (χ1v) is 10.2. The number of carbonyl (C=O) groups is 2. The number of benzene rings is 2. The number of hydrogen-bond donors (Lipinski definition) is 0. The number of ketones is 1. The minimum atomic E-state index is -0.0317. The van der Waals surface area contributed by atoms with E-state index in [0.717, 1.165) is 34.6 Å². The van der Waals surface area contributed by atoms with Gasteiger partial charge in [-0.25, -0.2) is 4.98 Å². The van der Waals surface area contributed by atoms with Crippen LogP contribution in [-0.4, -0.2) is 28.1 Å². The lowest BCUT2D eigenvalue weighted by Gasteiger charge is -2.23. The Balaban J connectivity index is 1.43. The molecule has 3 aromatic rings. The zero-order chi connectivity index (χ0) is 18.8. The summed E-state index contributed by atoms with van der Waals surface area (Å²) >= 11 is 7.51.